The van der Waals surface area contributed by atoms with Crippen molar-refractivity contribution in [3.05, 3.63) is 66.5 Å². The van der Waals surface area contributed by atoms with E-state index in [1.807, 2.05) is 49.3 Å². The van der Waals surface area contributed by atoms with Crippen molar-refractivity contribution in [3.8, 4) is 22.5 Å². The van der Waals surface area contributed by atoms with Crippen molar-refractivity contribution in [1.29, 1.82) is 0 Å². The summed E-state index contributed by atoms with van der Waals surface area (Å²) in [5.41, 5.74) is 10.2. The third-order valence-corrected chi connectivity index (χ3v) is 3.74. The number of para-hydroxylation sites is 1. The van der Waals surface area contributed by atoms with Gasteiger partial charge in [0.25, 0.3) is 0 Å². The summed E-state index contributed by atoms with van der Waals surface area (Å²) in [7, 11) is 3.99. The molecule has 5 nitrogen and oxygen atoms in total. The normalized spacial score (nSPS) is 10.4. The fraction of sp³-hybridized carbons (Fsp3) is 0.105. The van der Waals surface area contributed by atoms with Crippen molar-refractivity contribution in [2.75, 3.05) is 19.0 Å². The molecular formula is C19H18N4O. The molecule has 1 heterocycles. The number of nitrogens with two attached hydrogens (primary N) is 1. The van der Waals surface area contributed by atoms with E-state index in [2.05, 4.69) is 4.98 Å². The quantitative estimate of drug-likeness (QED) is 0.802. The molecule has 0 aliphatic carbocycles. The van der Waals surface area contributed by atoms with Crippen LogP contribution in [0.3, 0.4) is 0 Å². The third-order valence-electron chi connectivity index (χ3n) is 3.74. The zero-order valence-corrected chi connectivity index (χ0v) is 13.6. The van der Waals surface area contributed by atoms with Crippen LogP contribution in [0.1, 0.15) is 10.4 Å². The Balaban J connectivity index is 2.08. The molecule has 0 atom stereocenters. The van der Waals surface area contributed by atoms with Crippen LogP contribution in [0.5, 0.6) is 0 Å². The monoisotopic (exact) mass is 318 g/mol. The molecule has 2 N–H and O–H groups in total. The standard InChI is InChI=1S/C19H18N4O/c1-23(2)18-9-4-3-8-15(18)17-12-21-11-16(22-17)13-6-5-7-14(10-13)19(20)24/h3-12H,1-2H3,(H2,20,24). The van der Waals surface area contributed by atoms with Gasteiger partial charge in [-0.05, 0) is 18.2 Å². The van der Waals surface area contributed by atoms with E-state index in [0.29, 0.717) is 11.3 Å². The van der Waals surface area contributed by atoms with E-state index in [9.17, 15) is 4.79 Å². The van der Waals surface area contributed by atoms with Gasteiger partial charge in [-0.3, -0.25) is 9.78 Å². The van der Waals surface area contributed by atoms with Crippen LogP contribution in [0.2, 0.25) is 0 Å². The lowest BCUT2D eigenvalue weighted by atomic mass is 10.1. The molecular weight excluding hydrogens is 300 g/mol. The average Bonchev–Trinajstić information content (AvgIpc) is 2.62. The molecule has 120 valence electrons. The van der Waals surface area contributed by atoms with Crippen LogP contribution in [0, 0.1) is 0 Å². The first-order chi connectivity index (χ1) is 11.6. The molecule has 1 amide bonds. The Kier molecular flexibility index (Phi) is 4.24. The summed E-state index contributed by atoms with van der Waals surface area (Å²) < 4.78 is 0. The number of hydrogen-bond donors (Lipinski definition) is 1. The maximum Gasteiger partial charge on any atom is 0.248 e. The number of hydrogen-bond acceptors (Lipinski definition) is 4. The maximum atomic E-state index is 11.4. The van der Waals surface area contributed by atoms with Gasteiger partial charge in [-0.1, -0.05) is 30.3 Å². The van der Waals surface area contributed by atoms with Crippen LogP contribution in [-0.2, 0) is 0 Å². The number of carbonyl (C=O) groups excluding carboxylic acids is 1. The maximum absolute atomic E-state index is 11.4. The van der Waals surface area contributed by atoms with E-state index in [1.54, 1.807) is 30.6 Å². The average molecular weight is 318 g/mol. The van der Waals surface area contributed by atoms with Crippen molar-refractivity contribution in [3.63, 3.8) is 0 Å². The highest BCUT2D eigenvalue weighted by Crippen LogP contribution is 2.29. The Morgan fingerprint density at radius 2 is 1.75 bits per heavy atom. The number of carbonyl (C=O) groups is 1. The molecule has 2 aromatic carbocycles. The van der Waals surface area contributed by atoms with E-state index < -0.39 is 5.91 Å². The molecule has 0 aliphatic heterocycles. The fourth-order valence-electron chi connectivity index (χ4n) is 2.55. The Morgan fingerprint density at radius 1 is 1.00 bits per heavy atom. The molecule has 0 unspecified atom stereocenters. The molecule has 0 saturated carbocycles. The molecule has 3 aromatic rings. The summed E-state index contributed by atoms with van der Waals surface area (Å²) in [6.45, 7) is 0. The van der Waals surface area contributed by atoms with Crippen LogP contribution in [0.15, 0.2) is 60.9 Å². The molecule has 5 heteroatoms. The molecule has 0 radical (unpaired) electrons. The Morgan fingerprint density at radius 3 is 2.50 bits per heavy atom. The molecule has 0 bridgehead atoms. The van der Waals surface area contributed by atoms with Gasteiger partial charge in [0.2, 0.25) is 5.91 Å². The minimum Gasteiger partial charge on any atom is -0.377 e. The topological polar surface area (TPSA) is 72.1 Å². The van der Waals surface area contributed by atoms with Gasteiger partial charge in [-0.25, -0.2) is 4.98 Å². The Bertz CT molecular complexity index is 890. The lowest BCUT2D eigenvalue weighted by Crippen LogP contribution is -2.11. The number of aromatic nitrogens is 2. The van der Waals surface area contributed by atoms with Gasteiger partial charge in [0.05, 0.1) is 23.8 Å². The largest absolute Gasteiger partial charge is 0.377 e. The van der Waals surface area contributed by atoms with Gasteiger partial charge in [-0.15, -0.1) is 0 Å². The van der Waals surface area contributed by atoms with E-state index in [0.717, 1.165) is 22.5 Å². The van der Waals surface area contributed by atoms with Gasteiger partial charge < -0.3 is 10.6 Å². The minimum atomic E-state index is -0.459. The number of primary amides is 1. The number of amides is 1. The second-order valence-corrected chi connectivity index (χ2v) is 5.65. The summed E-state index contributed by atoms with van der Waals surface area (Å²) in [5, 5.41) is 0. The van der Waals surface area contributed by atoms with Crippen molar-refractivity contribution in [1.82, 2.24) is 9.97 Å². The van der Waals surface area contributed by atoms with E-state index in [1.165, 1.54) is 0 Å². The molecule has 0 aliphatic rings. The molecule has 1 aromatic heterocycles. The zero-order chi connectivity index (χ0) is 17.1. The second-order valence-electron chi connectivity index (χ2n) is 5.65. The number of benzene rings is 2. The van der Waals surface area contributed by atoms with Gasteiger partial charge >= 0.3 is 0 Å². The smallest absolute Gasteiger partial charge is 0.248 e. The number of rotatable bonds is 4. The Hall–Kier alpha value is -3.21. The van der Waals surface area contributed by atoms with Gasteiger partial charge in [0, 0.05) is 36.5 Å². The zero-order valence-electron chi connectivity index (χ0n) is 13.6. The number of anilines is 1. The molecule has 24 heavy (non-hydrogen) atoms. The van der Waals surface area contributed by atoms with Gasteiger partial charge in [-0.2, -0.15) is 0 Å². The summed E-state index contributed by atoms with van der Waals surface area (Å²) in [6.07, 6.45) is 3.42. The van der Waals surface area contributed by atoms with Gasteiger partial charge in [0.15, 0.2) is 0 Å². The second kappa shape index (κ2) is 6.50. The SMILES string of the molecule is CN(C)c1ccccc1-c1cncc(-c2cccc(C(N)=O)c2)n1. The summed E-state index contributed by atoms with van der Waals surface area (Å²) >= 11 is 0. The van der Waals surface area contributed by atoms with Crippen molar-refractivity contribution < 1.29 is 4.79 Å². The lowest BCUT2D eigenvalue weighted by Gasteiger charge is -2.17. The number of nitrogens with zero attached hydrogens (tertiary/aromatic N) is 3. The van der Waals surface area contributed by atoms with E-state index in [-0.39, 0.29) is 0 Å². The summed E-state index contributed by atoms with van der Waals surface area (Å²) in [6, 6.07) is 15.1. The highest BCUT2D eigenvalue weighted by Gasteiger charge is 2.10. The Labute approximate surface area is 140 Å². The lowest BCUT2D eigenvalue weighted by molar-refractivity contribution is 0.100. The van der Waals surface area contributed by atoms with Crippen LogP contribution < -0.4 is 10.6 Å². The summed E-state index contributed by atoms with van der Waals surface area (Å²) in [4.78, 5) is 22.4. The highest BCUT2D eigenvalue weighted by molar-refractivity contribution is 5.94. The first kappa shape index (κ1) is 15.7. The minimum absolute atomic E-state index is 0.452. The van der Waals surface area contributed by atoms with Crippen molar-refractivity contribution in [2.24, 2.45) is 5.73 Å². The fourth-order valence-corrected chi connectivity index (χ4v) is 2.55. The molecule has 0 spiro atoms. The van der Waals surface area contributed by atoms with Crippen LogP contribution in [0.25, 0.3) is 22.5 Å². The predicted molar refractivity (Wildman–Crippen MR) is 95.7 cm³/mol. The van der Waals surface area contributed by atoms with E-state index in [4.69, 9.17) is 10.7 Å². The van der Waals surface area contributed by atoms with Crippen LogP contribution in [0.4, 0.5) is 5.69 Å². The van der Waals surface area contributed by atoms with Crippen LogP contribution in [-0.4, -0.2) is 30.0 Å². The highest BCUT2D eigenvalue weighted by atomic mass is 16.1. The van der Waals surface area contributed by atoms with Crippen LogP contribution >= 0.6 is 0 Å². The predicted octanol–water partition coefficient (Wildman–Crippen LogP) is 2.98. The molecule has 0 fully saturated rings. The van der Waals surface area contributed by atoms with Crippen molar-refractivity contribution in [2.45, 2.75) is 0 Å². The molecule has 3 rings (SSSR count). The van der Waals surface area contributed by atoms with Crippen molar-refractivity contribution >= 4 is 11.6 Å². The molecule has 0 saturated heterocycles. The first-order valence-corrected chi connectivity index (χ1v) is 7.55. The first-order valence-electron chi connectivity index (χ1n) is 7.55. The van der Waals surface area contributed by atoms with Gasteiger partial charge in [0.1, 0.15) is 0 Å². The van der Waals surface area contributed by atoms with E-state index >= 15 is 0 Å². The third kappa shape index (κ3) is 3.10. The summed E-state index contributed by atoms with van der Waals surface area (Å²) in [5.74, 6) is -0.459.